The summed E-state index contributed by atoms with van der Waals surface area (Å²) in [6, 6.07) is 4.05. The molecule has 17 heavy (non-hydrogen) atoms. The molecule has 0 saturated heterocycles. The fourth-order valence-electron chi connectivity index (χ4n) is 1.22. The quantitative estimate of drug-likeness (QED) is 0.792. The minimum atomic E-state index is -1.02. The van der Waals surface area contributed by atoms with Crippen LogP contribution >= 0.6 is 11.8 Å². The fourth-order valence-corrected chi connectivity index (χ4v) is 1.69. The molecule has 0 aliphatic carbocycles. The van der Waals surface area contributed by atoms with E-state index in [4.69, 9.17) is 5.11 Å². The van der Waals surface area contributed by atoms with Gasteiger partial charge in [-0.25, -0.2) is 4.79 Å². The van der Waals surface area contributed by atoms with Crippen LogP contribution < -0.4 is 5.32 Å². The van der Waals surface area contributed by atoms with Crippen molar-refractivity contribution in [3.8, 4) is 0 Å². The molecule has 0 saturated carbocycles. The predicted octanol–water partition coefficient (Wildman–Crippen LogP) is 1.02. The zero-order chi connectivity index (χ0) is 12.7. The van der Waals surface area contributed by atoms with E-state index in [-0.39, 0.29) is 5.69 Å². The molecular formula is C11H14N2O3S. The average molecular weight is 254 g/mol. The van der Waals surface area contributed by atoms with Gasteiger partial charge in [-0.2, -0.15) is 11.8 Å². The number of hydrogen-bond acceptors (Lipinski definition) is 4. The molecule has 92 valence electrons. The van der Waals surface area contributed by atoms with Crippen LogP contribution in [0.5, 0.6) is 0 Å². The third-order valence-electron chi connectivity index (χ3n) is 2.11. The van der Waals surface area contributed by atoms with Crippen molar-refractivity contribution < 1.29 is 14.7 Å². The van der Waals surface area contributed by atoms with Crippen LogP contribution in [0.1, 0.15) is 16.9 Å². The summed E-state index contributed by atoms with van der Waals surface area (Å²) < 4.78 is 0. The van der Waals surface area contributed by atoms with Gasteiger partial charge in [0.05, 0.1) is 0 Å². The van der Waals surface area contributed by atoms with Crippen LogP contribution in [-0.2, 0) is 4.79 Å². The highest BCUT2D eigenvalue weighted by molar-refractivity contribution is 7.98. The van der Waals surface area contributed by atoms with Crippen LogP contribution in [0.3, 0.4) is 0 Å². The van der Waals surface area contributed by atoms with Crippen molar-refractivity contribution in [3.63, 3.8) is 0 Å². The lowest BCUT2D eigenvalue weighted by atomic mass is 10.2. The van der Waals surface area contributed by atoms with Crippen molar-refractivity contribution >= 4 is 23.6 Å². The molecule has 1 heterocycles. The molecule has 0 radical (unpaired) electrons. The Morgan fingerprint density at radius 1 is 1.53 bits per heavy atom. The van der Waals surface area contributed by atoms with Crippen LogP contribution in [0.4, 0.5) is 0 Å². The number of nitrogens with one attached hydrogen (secondary N) is 1. The molecule has 0 unspecified atom stereocenters. The van der Waals surface area contributed by atoms with Crippen LogP contribution in [0, 0.1) is 0 Å². The zero-order valence-corrected chi connectivity index (χ0v) is 10.2. The van der Waals surface area contributed by atoms with Crippen LogP contribution in [0.25, 0.3) is 0 Å². The topological polar surface area (TPSA) is 79.3 Å². The van der Waals surface area contributed by atoms with Crippen molar-refractivity contribution in [1.82, 2.24) is 10.3 Å². The first-order valence-electron chi connectivity index (χ1n) is 5.08. The number of aromatic nitrogens is 1. The summed E-state index contributed by atoms with van der Waals surface area (Å²) in [5.41, 5.74) is 0.225. The lowest BCUT2D eigenvalue weighted by molar-refractivity contribution is -0.139. The minimum Gasteiger partial charge on any atom is -0.480 e. The normalized spacial score (nSPS) is 11.8. The van der Waals surface area contributed by atoms with E-state index in [1.165, 1.54) is 6.20 Å². The maximum Gasteiger partial charge on any atom is 0.326 e. The van der Waals surface area contributed by atoms with E-state index in [9.17, 15) is 9.59 Å². The summed E-state index contributed by atoms with van der Waals surface area (Å²) in [7, 11) is 0. The van der Waals surface area contributed by atoms with E-state index in [1.54, 1.807) is 30.0 Å². The highest BCUT2D eigenvalue weighted by Gasteiger charge is 2.20. The number of nitrogens with zero attached hydrogens (tertiary/aromatic N) is 1. The van der Waals surface area contributed by atoms with E-state index >= 15 is 0 Å². The van der Waals surface area contributed by atoms with E-state index in [0.717, 1.165) is 0 Å². The molecule has 0 aromatic carbocycles. The van der Waals surface area contributed by atoms with Gasteiger partial charge in [-0.3, -0.25) is 9.78 Å². The van der Waals surface area contributed by atoms with E-state index in [0.29, 0.717) is 12.2 Å². The highest BCUT2D eigenvalue weighted by Crippen LogP contribution is 2.02. The van der Waals surface area contributed by atoms with E-state index in [1.807, 2.05) is 6.26 Å². The average Bonchev–Trinajstić information content (AvgIpc) is 2.35. The van der Waals surface area contributed by atoms with Crippen molar-refractivity contribution in [2.75, 3.05) is 12.0 Å². The number of carbonyl (C=O) groups is 2. The molecule has 0 aliphatic rings. The summed E-state index contributed by atoms with van der Waals surface area (Å²) in [5, 5.41) is 11.4. The molecule has 0 aliphatic heterocycles. The van der Waals surface area contributed by atoms with E-state index in [2.05, 4.69) is 10.3 Å². The Hall–Kier alpha value is -1.56. The Kier molecular flexibility index (Phi) is 5.48. The smallest absolute Gasteiger partial charge is 0.326 e. The predicted molar refractivity (Wildman–Crippen MR) is 66.1 cm³/mol. The fraction of sp³-hybridized carbons (Fsp3) is 0.364. The van der Waals surface area contributed by atoms with Crippen LogP contribution in [0.2, 0.25) is 0 Å². The third-order valence-corrected chi connectivity index (χ3v) is 2.76. The first-order chi connectivity index (χ1) is 8.15. The molecule has 1 aromatic heterocycles. The second kappa shape index (κ2) is 6.90. The summed E-state index contributed by atoms with van der Waals surface area (Å²) in [5.74, 6) is -0.804. The number of rotatable bonds is 6. The van der Waals surface area contributed by atoms with Gasteiger partial charge in [0.1, 0.15) is 11.7 Å². The van der Waals surface area contributed by atoms with Gasteiger partial charge in [0.15, 0.2) is 0 Å². The molecule has 2 N–H and O–H groups in total. The Morgan fingerprint density at radius 2 is 2.29 bits per heavy atom. The molecule has 0 bridgehead atoms. The van der Waals surface area contributed by atoms with Gasteiger partial charge in [-0.1, -0.05) is 6.07 Å². The Labute approximate surface area is 104 Å². The zero-order valence-electron chi connectivity index (χ0n) is 9.42. The largest absolute Gasteiger partial charge is 0.480 e. The summed E-state index contributed by atoms with van der Waals surface area (Å²) in [4.78, 5) is 26.5. The Balaban J connectivity index is 2.61. The Bertz CT molecular complexity index is 384. The van der Waals surface area contributed by atoms with Gasteiger partial charge >= 0.3 is 5.97 Å². The standard InChI is InChI=1S/C11H14N2O3S/c1-17-7-5-9(11(15)16)13-10(14)8-4-2-3-6-12-8/h2-4,6,9H,5,7H2,1H3,(H,13,14)(H,15,16)/t9-/m0/s1. The van der Waals surface area contributed by atoms with Crippen LogP contribution in [0.15, 0.2) is 24.4 Å². The van der Waals surface area contributed by atoms with Gasteiger partial charge < -0.3 is 10.4 Å². The molecule has 1 aromatic rings. The van der Waals surface area contributed by atoms with Gasteiger partial charge in [-0.05, 0) is 30.6 Å². The molecular weight excluding hydrogens is 240 g/mol. The first-order valence-corrected chi connectivity index (χ1v) is 6.48. The highest BCUT2D eigenvalue weighted by atomic mass is 32.2. The van der Waals surface area contributed by atoms with Gasteiger partial charge in [0.25, 0.3) is 5.91 Å². The summed E-state index contributed by atoms with van der Waals surface area (Å²) in [6.07, 6.45) is 3.78. The molecule has 1 atom stereocenters. The molecule has 6 heteroatoms. The van der Waals surface area contributed by atoms with Gasteiger partial charge in [-0.15, -0.1) is 0 Å². The maximum atomic E-state index is 11.7. The molecule has 1 rings (SSSR count). The molecule has 0 spiro atoms. The number of carboxylic acids is 1. The summed E-state index contributed by atoms with van der Waals surface area (Å²) in [6.45, 7) is 0. The lowest BCUT2D eigenvalue weighted by Gasteiger charge is -2.13. The number of aliphatic carboxylic acids is 1. The third kappa shape index (κ3) is 4.44. The molecule has 1 amide bonds. The van der Waals surface area contributed by atoms with Crippen molar-refractivity contribution in [3.05, 3.63) is 30.1 Å². The SMILES string of the molecule is CSCC[C@H](NC(=O)c1ccccn1)C(=O)O. The number of carbonyl (C=O) groups excluding carboxylic acids is 1. The number of hydrogen-bond donors (Lipinski definition) is 2. The van der Waals surface area contributed by atoms with Gasteiger partial charge in [0.2, 0.25) is 0 Å². The Morgan fingerprint density at radius 3 is 2.82 bits per heavy atom. The lowest BCUT2D eigenvalue weighted by Crippen LogP contribution is -2.41. The van der Waals surface area contributed by atoms with Crippen molar-refractivity contribution in [1.29, 1.82) is 0 Å². The maximum absolute atomic E-state index is 11.7. The second-order valence-electron chi connectivity index (χ2n) is 3.36. The number of amides is 1. The van der Waals surface area contributed by atoms with Gasteiger partial charge in [0, 0.05) is 6.20 Å². The van der Waals surface area contributed by atoms with E-state index < -0.39 is 17.9 Å². The number of thioether (sulfide) groups is 1. The molecule has 0 fully saturated rings. The number of carboxylic acid groups (broad SMARTS) is 1. The molecule has 5 nitrogen and oxygen atoms in total. The minimum absolute atomic E-state index is 0.225. The van der Waals surface area contributed by atoms with Crippen molar-refractivity contribution in [2.24, 2.45) is 0 Å². The summed E-state index contributed by atoms with van der Waals surface area (Å²) >= 11 is 1.54. The monoisotopic (exact) mass is 254 g/mol. The number of pyridine rings is 1. The first kappa shape index (κ1) is 13.5. The van der Waals surface area contributed by atoms with Crippen molar-refractivity contribution in [2.45, 2.75) is 12.5 Å². The van der Waals surface area contributed by atoms with Crippen LogP contribution in [-0.4, -0.2) is 40.0 Å². The second-order valence-corrected chi connectivity index (χ2v) is 4.35.